The van der Waals surface area contributed by atoms with Crippen molar-refractivity contribution in [1.29, 1.82) is 0 Å². The van der Waals surface area contributed by atoms with Crippen LogP contribution in [0.4, 0.5) is 0 Å². The van der Waals surface area contributed by atoms with Crippen molar-refractivity contribution in [3.63, 3.8) is 0 Å². The normalized spacial score (nSPS) is 24.1. The zero-order chi connectivity index (χ0) is 11.7. The van der Waals surface area contributed by atoms with Crippen LogP contribution in [-0.2, 0) is 0 Å². The van der Waals surface area contributed by atoms with E-state index in [1.54, 1.807) is 0 Å². The summed E-state index contributed by atoms with van der Waals surface area (Å²) in [6, 6.07) is 10.3. The van der Waals surface area contributed by atoms with Crippen LogP contribution < -0.4 is 0 Å². The van der Waals surface area contributed by atoms with Gasteiger partial charge in [-0.2, -0.15) is 0 Å². The maximum Gasteiger partial charge on any atom is 0.140 e. The van der Waals surface area contributed by atoms with Gasteiger partial charge in [0.2, 0.25) is 0 Å². The molecule has 0 radical (unpaired) electrons. The molecule has 2 aromatic rings. The highest BCUT2D eigenvalue weighted by atomic mass is 16.3. The Hall–Kier alpha value is -1.61. The second-order valence-electron chi connectivity index (χ2n) is 4.59. The topological polar surface area (TPSA) is 38.0 Å². The maximum absolute atomic E-state index is 9.98. The highest BCUT2D eigenvalue weighted by Crippen LogP contribution is 2.33. The lowest BCUT2D eigenvalue weighted by atomic mass is 10.1. The Balaban J connectivity index is 2.00. The standard InChI is InChI=1S/C14H16N2O/c17-13-8-4-7-12(13)16-10-9-15-14(16)11-5-2-1-3-6-11/h1-3,5-6,9-10,12-13,17H,4,7-8H2/t12?,13-/m1/s1. The lowest BCUT2D eigenvalue weighted by Crippen LogP contribution is -2.18. The molecule has 88 valence electrons. The average molecular weight is 228 g/mol. The van der Waals surface area contributed by atoms with E-state index in [2.05, 4.69) is 21.7 Å². The largest absolute Gasteiger partial charge is 0.391 e. The third kappa shape index (κ3) is 1.87. The summed E-state index contributed by atoms with van der Waals surface area (Å²) >= 11 is 0. The Morgan fingerprint density at radius 3 is 2.71 bits per heavy atom. The fourth-order valence-corrected chi connectivity index (χ4v) is 2.64. The number of rotatable bonds is 2. The fourth-order valence-electron chi connectivity index (χ4n) is 2.64. The van der Waals surface area contributed by atoms with Crippen molar-refractivity contribution in [3.8, 4) is 11.4 Å². The lowest BCUT2D eigenvalue weighted by molar-refractivity contribution is 0.137. The number of aliphatic hydroxyl groups excluding tert-OH is 1. The molecule has 0 bridgehead atoms. The maximum atomic E-state index is 9.98. The Kier molecular flexibility index (Phi) is 2.69. The van der Waals surface area contributed by atoms with Gasteiger partial charge < -0.3 is 9.67 Å². The van der Waals surface area contributed by atoms with Crippen LogP contribution in [0.5, 0.6) is 0 Å². The van der Waals surface area contributed by atoms with Gasteiger partial charge >= 0.3 is 0 Å². The van der Waals surface area contributed by atoms with Crippen molar-refractivity contribution >= 4 is 0 Å². The minimum absolute atomic E-state index is 0.188. The van der Waals surface area contributed by atoms with E-state index in [0.29, 0.717) is 0 Å². The molecule has 1 fully saturated rings. The smallest absolute Gasteiger partial charge is 0.140 e. The molecule has 1 aliphatic carbocycles. The molecule has 1 aromatic carbocycles. The Morgan fingerprint density at radius 2 is 2.00 bits per heavy atom. The molecule has 1 aromatic heterocycles. The molecule has 0 aliphatic heterocycles. The van der Waals surface area contributed by atoms with Crippen molar-refractivity contribution in [3.05, 3.63) is 42.7 Å². The first-order valence-corrected chi connectivity index (χ1v) is 6.12. The molecule has 3 heteroatoms. The van der Waals surface area contributed by atoms with E-state index < -0.39 is 0 Å². The summed E-state index contributed by atoms with van der Waals surface area (Å²) in [6.07, 6.45) is 6.59. The van der Waals surface area contributed by atoms with Gasteiger partial charge in [0, 0.05) is 18.0 Å². The fraction of sp³-hybridized carbons (Fsp3) is 0.357. The molecule has 0 saturated heterocycles. The van der Waals surface area contributed by atoms with E-state index in [-0.39, 0.29) is 12.1 Å². The van der Waals surface area contributed by atoms with Gasteiger partial charge in [0.1, 0.15) is 5.82 Å². The van der Waals surface area contributed by atoms with Gasteiger partial charge in [0.15, 0.2) is 0 Å². The van der Waals surface area contributed by atoms with Crippen LogP contribution in [0.1, 0.15) is 25.3 Å². The molecule has 0 amide bonds. The first-order chi connectivity index (χ1) is 8.36. The third-order valence-electron chi connectivity index (χ3n) is 3.50. The van der Waals surface area contributed by atoms with Crippen LogP contribution in [-0.4, -0.2) is 20.8 Å². The second-order valence-corrected chi connectivity index (χ2v) is 4.59. The summed E-state index contributed by atoms with van der Waals surface area (Å²) in [7, 11) is 0. The van der Waals surface area contributed by atoms with Crippen molar-refractivity contribution in [2.24, 2.45) is 0 Å². The van der Waals surface area contributed by atoms with Crippen LogP contribution in [0.15, 0.2) is 42.7 Å². The Bertz CT molecular complexity index is 492. The number of nitrogens with zero attached hydrogens (tertiary/aromatic N) is 2. The molecule has 1 N–H and O–H groups in total. The number of hydrogen-bond donors (Lipinski definition) is 1. The predicted octanol–water partition coefficient (Wildman–Crippen LogP) is 2.64. The summed E-state index contributed by atoms with van der Waals surface area (Å²) in [6.45, 7) is 0. The summed E-state index contributed by atoms with van der Waals surface area (Å²) < 4.78 is 2.12. The van der Waals surface area contributed by atoms with E-state index in [9.17, 15) is 5.11 Å². The number of hydrogen-bond acceptors (Lipinski definition) is 2. The first-order valence-electron chi connectivity index (χ1n) is 6.12. The van der Waals surface area contributed by atoms with Crippen molar-refractivity contribution in [2.45, 2.75) is 31.4 Å². The summed E-state index contributed by atoms with van der Waals surface area (Å²) in [4.78, 5) is 4.42. The number of imidazole rings is 1. The van der Waals surface area contributed by atoms with Gasteiger partial charge in [0.05, 0.1) is 12.1 Å². The van der Waals surface area contributed by atoms with E-state index in [1.807, 2.05) is 30.6 Å². The highest BCUT2D eigenvalue weighted by Gasteiger charge is 2.28. The Labute approximate surface area is 101 Å². The van der Waals surface area contributed by atoms with Crippen LogP contribution in [0.25, 0.3) is 11.4 Å². The molecule has 1 aliphatic rings. The Morgan fingerprint density at radius 1 is 1.18 bits per heavy atom. The number of aliphatic hydroxyl groups is 1. The lowest BCUT2D eigenvalue weighted by Gasteiger charge is -2.18. The van der Waals surface area contributed by atoms with Crippen LogP contribution in [0.3, 0.4) is 0 Å². The summed E-state index contributed by atoms with van der Waals surface area (Å²) in [5.41, 5.74) is 1.11. The van der Waals surface area contributed by atoms with Gasteiger partial charge in [0.25, 0.3) is 0 Å². The molecule has 1 heterocycles. The molecule has 2 atom stereocenters. The second kappa shape index (κ2) is 4.34. The number of benzene rings is 1. The molecule has 3 nitrogen and oxygen atoms in total. The molecule has 0 spiro atoms. The van der Waals surface area contributed by atoms with Gasteiger partial charge in [-0.15, -0.1) is 0 Å². The van der Waals surface area contributed by atoms with E-state index in [0.717, 1.165) is 30.7 Å². The van der Waals surface area contributed by atoms with Crippen molar-refractivity contribution < 1.29 is 5.11 Å². The predicted molar refractivity (Wildman–Crippen MR) is 66.6 cm³/mol. The van der Waals surface area contributed by atoms with Gasteiger partial charge in [-0.25, -0.2) is 4.98 Å². The molecule has 17 heavy (non-hydrogen) atoms. The SMILES string of the molecule is O[C@@H]1CCCC1n1ccnc1-c1ccccc1. The van der Waals surface area contributed by atoms with Crippen LogP contribution >= 0.6 is 0 Å². The molecular weight excluding hydrogens is 212 g/mol. The number of aromatic nitrogens is 2. The summed E-state index contributed by atoms with van der Waals surface area (Å²) in [5.74, 6) is 0.955. The van der Waals surface area contributed by atoms with Crippen LogP contribution in [0.2, 0.25) is 0 Å². The molecule has 1 saturated carbocycles. The zero-order valence-corrected chi connectivity index (χ0v) is 9.66. The van der Waals surface area contributed by atoms with Crippen molar-refractivity contribution in [2.75, 3.05) is 0 Å². The van der Waals surface area contributed by atoms with E-state index in [1.165, 1.54) is 0 Å². The highest BCUT2D eigenvalue weighted by molar-refractivity contribution is 5.55. The van der Waals surface area contributed by atoms with E-state index >= 15 is 0 Å². The average Bonchev–Trinajstić information content (AvgIpc) is 2.98. The van der Waals surface area contributed by atoms with Crippen LogP contribution in [0, 0.1) is 0 Å². The molecular formula is C14H16N2O. The molecule has 3 rings (SSSR count). The first kappa shape index (κ1) is 10.5. The minimum atomic E-state index is -0.230. The monoisotopic (exact) mass is 228 g/mol. The molecule has 1 unspecified atom stereocenters. The van der Waals surface area contributed by atoms with Gasteiger partial charge in [-0.3, -0.25) is 0 Å². The third-order valence-corrected chi connectivity index (χ3v) is 3.50. The van der Waals surface area contributed by atoms with Gasteiger partial charge in [-0.05, 0) is 19.3 Å². The summed E-state index contributed by atoms with van der Waals surface area (Å²) in [5, 5.41) is 9.98. The van der Waals surface area contributed by atoms with E-state index in [4.69, 9.17) is 0 Å². The van der Waals surface area contributed by atoms with Gasteiger partial charge in [-0.1, -0.05) is 30.3 Å². The quantitative estimate of drug-likeness (QED) is 0.858. The zero-order valence-electron chi connectivity index (χ0n) is 9.66. The minimum Gasteiger partial charge on any atom is -0.391 e. The van der Waals surface area contributed by atoms with Crippen molar-refractivity contribution in [1.82, 2.24) is 9.55 Å².